The molecule has 0 bridgehead atoms. The van der Waals surface area contributed by atoms with Gasteiger partial charge in [-0.3, -0.25) is 0 Å². The van der Waals surface area contributed by atoms with Gasteiger partial charge in [0.1, 0.15) is 4.60 Å². The van der Waals surface area contributed by atoms with Gasteiger partial charge in [-0.2, -0.15) is 0 Å². The number of anilines is 1. The van der Waals surface area contributed by atoms with Crippen molar-refractivity contribution in [1.29, 1.82) is 0 Å². The summed E-state index contributed by atoms with van der Waals surface area (Å²) in [7, 11) is 0. The number of nitrogens with one attached hydrogen (secondary N) is 1. The van der Waals surface area contributed by atoms with Crippen molar-refractivity contribution in [2.45, 2.75) is 0 Å². The van der Waals surface area contributed by atoms with Gasteiger partial charge in [-0.15, -0.1) is 0 Å². The van der Waals surface area contributed by atoms with Crippen LogP contribution < -0.4 is 11.3 Å². The van der Waals surface area contributed by atoms with E-state index in [4.69, 9.17) is 5.84 Å². The molecule has 0 aliphatic carbocycles. The molecule has 9 heavy (non-hydrogen) atoms. The van der Waals surface area contributed by atoms with E-state index in [1.165, 1.54) is 6.20 Å². The van der Waals surface area contributed by atoms with Crippen molar-refractivity contribution >= 4 is 21.7 Å². The second-order valence-corrected chi connectivity index (χ2v) is 2.18. The number of nitrogens with zero attached hydrogens (tertiary/aromatic N) is 2. The molecule has 0 aliphatic heterocycles. The second kappa shape index (κ2) is 2.75. The van der Waals surface area contributed by atoms with Crippen LogP contribution in [0.4, 0.5) is 5.82 Å². The number of aromatic nitrogens is 2. The second-order valence-electron chi connectivity index (χ2n) is 1.37. The summed E-state index contributed by atoms with van der Waals surface area (Å²) in [5.74, 6) is 5.59. The standard InChI is InChI=1S/C4H5BrN4/c5-3-1-8-4(9-6)2-7-3/h1-2H,6H2,(H,8,9). The number of nitrogens with two attached hydrogens (primary N) is 1. The number of nitrogen functional groups attached to an aromatic ring is 1. The number of rotatable bonds is 1. The Bertz CT molecular complexity index is 184. The van der Waals surface area contributed by atoms with Crippen molar-refractivity contribution in [3.05, 3.63) is 17.0 Å². The summed E-state index contributed by atoms with van der Waals surface area (Å²) in [6.45, 7) is 0. The predicted octanol–water partition coefficient (Wildman–Crippen LogP) is 0.525. The van der Waals surface area contributed by atoms with E-state index in [0.29, 0.717) is 10.4 Å². The molecule has 0 atom stereocenters. The summed E-state index contributed by atoms with van der Waals surface area (Å²) in [6.07, 6.45) is 3.10. The van der Waals surface area contributed by atoms with Crippen molar-refractivity contribution in [2.75, 3.05) is 5.43 Å². The predicted molar refractivity (Wildman–Crippen MR) is 37.5 cm³/mol. The van der Waals surface area contributed by atoms with Crippen molar-refractivity contribution in [1.82, 2.24) is 9.97 Å². The highest BCUT2D eigenvalue weighted by atomic mass is 79.9. The Balaban J connectivity index is 2.88. The summed E-state index contributed by atoms with van der Waals surface area (Å²) in [6, 6.07) is 0. The van der Waals surface area contributed by atoms with Gasteiger partial charge in [0.2, 0.25) is 0 Å². The van der Waals surface area contributed by atoms with Crippen LogP contribution >= 0.6 is 15.9 Å². The number of halogens is 1. The highest BCUT2D eigenvalue weighted by molar-refractivity contribution is 9.10. The van der Waals surface area contributed by atoms with Crippen molar-refractivity contribution in [2.24, 2.45) is 5.84 Å². The first kappa shape index (κ1) is 6.44. The van der Waals surface area contributed by atoms with Crippen LogP contribution in [0, 0.1) is 0 Å². The third kappa shape index (κ3) is 1.62. The quantitative estimate of drug-likeness (QED) is 0.499. The first-order valence-corrected chi connectivity index (χ1v) is 3.06. The molecule has 0 radical (unpaired) electrons. The van der Waals surface area contributed by atoms with Crippen LogP contribution in [0.5, 0.6) is 0 Å². The molecule has 3 N–H and O–H groups in total. The fourth-order valence-corrected chi connectivity index (χ4v) is 0.592. The molecule has 0 spiro atoms. The fraction of sp³-hybridized carbons (Fsp3) is 0. The van der Waals surface area contributed by atoms with Crippen LogP contribution in [0.15, 0.2) is 17.0 Å². The number of hydrazine groups is 1. The Kier molecular flexibility index (Phi) is 1.96. The lowest BCUT2D eigenvalue weighted by atomic mass is 10.7. The summed E-state index contributed by atoms with van der Waals surface area (Å²) in [5.41, 5.74) is 2.36. The van der Waals surface area contributed by atoms with Crippen LogP contribution in [0.2, 0.25) is 0 Å². The van der Waals surface area contributed by atoms with Crippen LogP contribution in [0.3, 0.4) is 0 Å². The van der Waals surface area contributed by atoms with Crippen LogP contribution in [-0.2, 0) is 0 Å². The van der Waals surface area contributed by atoms with E-state index in [-0.39, 0.29) is 0 Å². The van der Waals surface area contributed by atoms with E-state index in [2.05, 4.69) is 31.3 Å². The monoisotopic (exact) mass is 188 g/mol. The SMILES string of the molecule is NNc1cnc(Br)cn1. The van der Waals surface area contributed by atoms with Gasteiger partial charge in [0.15, 0.2) is 5.82 Å². The molecule has 0 unspecified atom stereocenters. The molecule has 1 rings (SSSR count). The van der Waals surface area contributed by atoms with E-state index in [9.17, 15) is 0 Å². The molecule has 1 aromatic rings. The molecular formula is C4H5BrN4. The lowest BCUT2D eigenvalue weighted by Crippen LogP contribution is -2.08. The maximum atomic E-state index is 5.03. The van der Waals surface area contributed by atoms with Gasteiger partial charge in [0, 0.05) is 0 Å². The normalized spacial score (nSPS) is 9.11. The first-order valence-electron chi connectivity index (χ1n) is 2.27. The molecule has 1 aromatic heterocycles. The molecule has 0 saturated heterocycles. The molecule has 0 saturated carbocycles. The Labute approximate surface area is 60.6 Å². The topological polar surface area (TPSA) is 63.8 Å². The molecule has 5 heteroatoms. The third-order valence-electron chi connectivity index (χ3n) is 0.768. The van der Waals surface area contributed by atoms with Crippen molar-refractivity contribution in [3.63, 3.8) is 0 Å². The summed E-state index contributed by atoms with van der Waals surface area (Å²) < 4.78 is 0.696. The maximum Gasteiger partial charge on any atom is 0.158 e. The largest absolute Gasteiger partial charge is 0.307 e. The summed E-state index contributed by atoms with van der Waals surface area (Å²) >= 11 is 3.13. The Morgan fingerprint density at radius 3 is 2.67 bits per heavy atom. The summed E-state index contributed by atoms with van der Waals surface area (Å²) in [4.78, 5) is 7.71. The van der Waals surface area contributed by atoms with Crippen LogP contribution in [-0.4, -0.2) is 9.97 Å². The van der Waals surface area contributed by atoms with Gasteiger partial charge in [-0.05, 0) is 15.9 Å². The van der Waals surface area contributed by atoms with E-state index in [0.717, 1.165) is 0 Å². The smallest absolute Gasteiger partial charge is 0.158 e. The lowest BCUT2D eigenvalue weighted by Gasteiger charge is -1.94. The molecule has 4 nitrogen and oxygen atoms in total. The number of hydrogen-bond donors (Lipinski definition) is 2. The average molecular weight is 189 g/mol. The highest BCUT2D eigenvalue weighted by Gasteiger charge is 1.88. The fourth-order valence-electron chi connectivity index (χ4n) is 0.387. The Morgan fingerprint density at radius 1 is 1.44 bits per heavy atom. The molecule has 0 aliphatic rings. The van der Waals surface area contributed by atoms with E-state index < -0.39 is 0 Å². The molecule has 0 fully saturated rings. The van der Waals surface area contributed by atoms with Crippen molar-refractivity contribution < 1.29 is 0 Å². The van der Waals surface area contributed by atoms with Gasteiger partial charge >= 0.3 is 0 Å². The minimum Gasteiger partial charge on any atom is -0.307 e. The zero-order valence-electron chi connectivity index (χ0n) is 4.50. The molecule has 0 aromatic carbocycles. The Hall–Kier alpha value is -0.680. The minimum absolute atomic E-state index is 0.554. The Morgan fingerprint density at radius 2 is 2.22 bits per heavy atom. The zero-order chi connectivity index (χ0) is 6.69. The van der Waals surface area contributed by atoms with Gasteiger partial charge in [-0.1, -0.05) is 0 Å². The van der Waals surface area contributed by atoms with Gasteiger partial charge in [-0.25, -0.2) is 15.8 Å². The van der Waals surface area contributed by atoms with Gasteiger partial charge < -0.3 is 5.43 Å². The van der Waals surface area contributed by atoms with E-state index in [1.807, 2.05) is 0 Å². The molecule has 0 amide bonds. The van der Waals surface area contributed by atoms with Crippen molar-refractivity contribution in [3.8, 4) is 0 Å². The summed E-state index contributed by atoms with van der Waals surface area (Å²) in [5, 5.41) is 0. The molecule has 48 valence electrons. The third-order valence-corrected chi connectivity index (χ3v) is 1.18. The van der Waals surface area contributed by atoms with Gasteiger partial charge in [0.05, 0.1) is 12.4 Å². The first-order chi connectivity index (χ1) is 4.33. The molecule has 1 heterocycles. The van der Waals surface area contributed by atoms with Crippen LogP contribution in [0.25, 0.3) is 0 Å². The van der Waals surface area contributed by atoms with E-state index in [1.54, 1.807) is 6.20 Å². The average Bonchev–Trinajstić information content (AvgIpc) is 1.90. The maximum absolute atomic E-state index is 5.03. The van der Waals surface area contributed by atoms with E-state index >= 15 is 0 Å². The minimum atomic E-state index is 0.554. The van der Waals surface area contributed by atoms with Crippen LogP contribution in [0.1, 0.15) is 0 Å². The lowest BCUT2D eigenvalue weighted by molar-refractivity contribution is 1.13. The number of hydrogen-bond acceptors (Lipinski definition) is 4. The molecular weight excluding hydrogens is 184 g/mol. The van der Waals surface area contributed by atoms with Gasteiger partial charge in [0.25, 0.3) is 0 Å². The highest BCUT2D eigenvalue weighted by Crippen LogP contribution is 2.03. The zero-order valence-corrected chi connectivity index (χ0v) is 6.09.